The smallest absolute Gasteiger partial charge is 0.333 e. The van der Waals surface area contributed by atoms with Gasteiger partial charge in [0.15, 0.2) is 17.2 Å². The molecule has 1 N–H and O–H groups in total. The second-order valence-corrected chi connectivity index (χ2v) is 5.99. The highest BCUT2D eigenvalue weighted by molar-refractivity contribution is 6.02. The number of carbonyl (C=O) groups excluding carboxylic acids is 1. The maximum absolute atomic E-state index is 12.6. The Morgan fingerprint density at radius 2 is 1.93 bits per heavy atom. The van der Waals surface area contributed by atoms with Crippen molar-refractivity contribution in [2.24, 2.45) is 0 Å². The van der Waals surface area contributed by atoms with Crippen molar-refractivity contribution in [3.63, 3.8) is 0 Å². The number of halogens is 2. The highest BCUT2D eigenvalue weighted by atomic mass is 19.3. The van der Waals surface area contributed by atoms with Gasteiger partial charge in [-0.3, -0.25) is 9.48 Å². The van der Waals surface area contributed by atoms with Crippen LogP contribution in [0.3, 0.4) is 0 Å². The summed E-state index contributed by atoms with van der Waals surface area (Å²) in [6, 6.07) is 6.85. The summed E-state index contributed by atoms with van der Waals surface area (Å²) in [5.41, 5.74) is 1.26. The van der Waals surface area contributed by atoms with Gasteiger partial charge in [-0.15, -0.1) is 0 Å². The van der Waals surface area contributed by atoms with Gasteiger partial charge in [-0.25, -0.2) is 4.68 Å². The fourth-order valence-corrected chi connectivity index (χ4v) is 2.66. The van der Waals surface area contributed by atoms with Crippen molar-refractivity contribution in [3.8, 4) is 11.5 Å². The Morgan fingerprint density at radius 1 is 1.17 bits per heavy atom. The summed E-state index contributed by atoms with van der Waals surface area (Å²) < 4.78 is 38.4. The van der Waals surface area contributed by atoms with Crippen LogP contribution in [0.4, 0.5) is 14.5 Å². The average molecular weight is 405 g/mol. The minimum atomic E-state index is -2.80. The van der Waals surface area contributed by atoms with Crippen LogP contribution in [0.1, 0.15) is 36.4 Å². The van der Waals surface area contributed by atoms with Crippen LogP contribution in [-0.4, -0.2) is 38.7 Å². The highest BCUT2D eigenvalue weighted by Crippen LogP contribution is 2.29. The first-order chi connectivity index (χ1) is 14.0. The molecule has 0 unspecified atom stereocenters. The summed E-state index contributed by atoms with van der Waals surface area (Å²) in [7, 11) is 0. The second kappa shape index (κ2) is 9.18. The van der Waals surface area contributed by atoms with Gasteiger partial charge in [0.25, 0.3) is 5.91 Å². The van der Waals surface area contributed by atoms with Gasteiger partial charge in [0, 0.05) is 12.4 Å². The molecule has 0 aliphatic heterocycles. The second-order valence-electron chi connectivity index (χ2n) is 5.99. The minimum absolute atomic E-state index is 0.106. The van der Waals surface area contributed by atoms with E-state index in [2.05, 4.69) is 15.5 Å². The molecule has 0 atom stereocenters. The fraction of sp³-hybridized carbons (Fsp3) is 0.316. The van der Waals surface area contributed by atoms with Gasteiger partial charge < -0.3 is 14.8 Å². The molecule has 2 aromatic heterocycles. The molecule has 1 aromatic carbocycles. The maximum atomic E-state index is 12.6. The summed E-state index contributed by atoms with van der Waals surface area (Å²) in [6.07, 6.45) is 4.16. The number of nitrogens with one attached hydrogen (secondary N) is 1. The third-order valence-electron chi connectivity index (χ3n) is 3.88. The first kappa shape index (κ1) is 20.3. The van der Waals surface area contributed by atoms with Crippen molar-refractivity contribution < 1.29 is 23.0 Å². The van der Waals surface area contributed by atoms with E-state index in [1.165, 1.54) is 12.3 Å². The Labute approximate surface area is 166 Å². The van der Waals surface area contributed by atoms with Crippen LogP contribution < -0.4 is 14.8 Å². The van der Waals surface area contributed by atoms with Crippen molar-refractivity contribution in [1.82, 2.24) is 19.6 Å². The van der Waals surface area contributed by atoms with E-state index in [0.717, 1.165) is 11.8 Å². The van der Waals surface area contributed by atoms with Gasteiger partial charge >= 0.3 is 6.55 Å². The summed E-state index contributed by atoms with van der Waals surface area (Å²) in [4.78, 5) is 12.1. The number of rotatable bonds is 9. The lowest BCUT2D eigenvalue weighted by Crippen LogP contribution is -2.13. The van der Waals surface area contributed by atoms with Crippen LogP contribution in [-0.2, 0) is 6.54 Å². The molecule has 154 valence electrons. The number of ether oxygens (including phenoxy) is 2. The molecule has 0 radical (unpaired) electrons. The average Bonchev–Trinajstić information content (AvgIpc) is 3.34. The fourth-order valence-electron chi connectivity index (χ4n) is 2.66. The standard InChI is InChI=1S/C19H21F2N5O3/c1-3-28-16-6-5-13(9-17(16)29-4-2)11-25-12-14(10-22-25)23-18(27)15-7-8-26(24-15)19(20)21/h5-10,12,19H,3-4,11H2,1-2H3,(H,23,27). The van der Waals surface area contributed by atoms with Gasteiger partial charge in [-0.05, 0) is 37.6 Å². The van der Waals surface area contributed by atoms with E-state index >= 15 is 0 Å². The molecule has 0 fully saturated rings. The van der Waals surface area contributed by atoms with Crippen molar-refractivity contribution >= 4 is 11.6 Å². The Balaban J connectivity index is 1.66. The Kier molecular flexibility index (Phi) is 6.43. The van der Waals surface area contributed by atoms with E-state index in [1.54, 1.807) is 10.9 Å². The van der Waals surface area contributed by atoms with Gasteiger partial charge in [-0.1, -0.05) is 6.07 Å². The van der Waals surface area contributed by atoms with Crippen molar-refractivity contribution in [3.05, 3.63) is 54.1 Å². The molecule has 0 saturated carbocycles. The molecule has 0 bridgehead atoms. The lowest BCUT2D eigenvalue weighted by atomic mass is 10.2. The summed E-state index contributed by atoms with van der Waals surface area (Å²) in [6.45, 7) is 2.51. The first-order valence-corrected chi connectivity index (χ1v) is 9.05. The molecule has 0 aliphatic rings. The molecule has 2 heterocycles. The van der Waals surface area contributed by atoms with Crippen LogP contribution >= 0.6 is 0 Å². The molecule has 8 nitrogen and oxygen atoms in total. The number of aromatic nitrogens is 4. The van der Waals surface area contributed by atoms with Crippen LogP contribution in [0, 0.1) is 0 Å². The van der Waals surface area contributed by atoms with Gasteiger partial charge in [-0.2, -0.15) is 19.0 Å². The Morgan fingerprint density at radius 3 is 2.62 bits per heavy atom. The monoisotopic (exact) mass is 405 g/mol. The minimum Gasteiger partial charge on any atom is -0.490 e. The predicted octanol–water partition coefficient (Wildman–Crippen LogP) is 3.57. The Bertz CT molecular complexity index is 970. The van der Waals surface area contributed by atoms with Crippen LogP contribution in [0.2, 0.25) is 0 Å². The van der Waals surface area contributed by atoms with E-state index < -0.39 is 12.5 Å². The zero-order chi connectivity index (χ0) is 20.8. The first-order valence-electron chi connectivity index (χ1n) is 9.05. The normalized spacial score (nSPS) is 10.9. The molecule has 3 rings (SSSR count). The number of amides is 1. The Hall–Kier alpha value is -3.43. The van der Waals surface area contributed by atoms with Crippen molar-refractivity contribution in [1.29, 1.82) is 0 Å². The molecular weight excluding hydrogens is 384 g/mol. The SMILES string of the molecule is CCOc1ccc(Cn2cc(NC(=O)c3ccn(C(F)F)n3)cn2)cc1OCC. The van der Waals surface area contributed by atoms with E-state index in [1.807, 2.05) is 32.0 Å². The van der Waals surface area contributed by atoms with Crippen molar-refractivity contribution in [2.45, 2.75) is 26.9 Å². The van der Waals surface area contributed by atoms with Gasteiger partial charge in [0.05, 0.1) is 31.6 Å². The van der Waals surface area contributed by atoms with Crippen LogP contribution in [0.15, 0.2) is 42.9 Å². The summed E-state index contributed by atoms with van der Waals surface area (Å²) in [5.74, 6) is 0.737. The molecule has 0 saturated heterocycles. The quantitative estimate of drug-likeness (QED) is 0.588. The number of hydrogen-bond donors (Lipinski definition) is 1. The number of anilines is 1. The van der Waals surface area contributed by atoms with E-state index in [4.69, 9.17) is 9.47 Å². The largest absolute Gasteiger partial charge is 0.490 e. The molecule has 1 amide bonds. The third kappa shape index (κ3) is 5.09. The summed E-state index contributed by atoms with van der Waals surface area (Å²) in [5, 5.41) is 10.3. The lowest BCUT2D eigenvalue weighted by Gasteiger charge is -2.12. The molecular formula is C19H21F2N5O3. The molecule has 0 aliphatic carbocycles. The van der Waals surface area contributed by atoms with Gasteiger partial charge in [0.1, 0.15) is 0 Å². The van der Waals surface area contributed by atoms with E-state index in [0.29, 0.717) is 41.6 Å². The number of carbonyl (C=O) groups is 1. The van der Waals surface area contributed by atoms with E-state index in [9.17, 15) is 13.6 Å². The molecule has 0 spiro atoms. The maximum Gasteiger partial charge on any atom is 0.333 e. The molecule has 3 aromatic rings. The predicted molar refractivity (Wildman–Crippen MR) is 102 cm³/mol. The molecule has 29 heavy (non-hydrogen) atoms. The zero-order valence-corrected chi connectivity index (χ0v) is 16.0. The number of benzene rings is 1. The van der Waals surface area contributed by atoms with Crippen LogP contribution in [0.5, 0.6) is 11.5 Å². The zero-order valence-electron chi connectivity index (χ0n) is 16.0. The summed E-state index contributed by atoms with van der Waals surface area (Å²) >= 11 is 0. The van der Waals surface area contributed by atoms with Crippen LogP contribution in [0.25, 0.3) is 0 Å². The number of hydrogen-bond acceptors (Lipinski definition) is 5. The van der Waals surface area contributed by atoms with Crippen molar-refractivity contribution in [2.75, 3.05) is 18.5 Å². The molecule has 10 heteroatoms. The number of nitrogens with zero attached hydrogens (tertiary/aromatic N) is 4. The topological polar surface area (TPSA) is 83.2 Å². The lowest BCUT2D eigenvalue weighted by molar-refractivity contribution is 0.0561. The van der Waals surface area contributed by atoms with Gasteiger partial charge in [0.2, 0.25) is 0 Å². The van der Waals surface area contributed by atoms with E-state index in [-0.39, 0.29) is 5.69 Å². The number of alkyl halides is 2. The highest BCUT2D eigenvalue weighted by Gasteiger charge is 2.14. The third-order valence-corrected chi connectivity index (χ3v) is 3.88.